The molecule has 1 aromatic heterocycles. The second kappa shape index (κ2) is 3.76. The molecule has 2 rings (SSSR count). The Hall–Kier alpha value is -1.78. The first kappa shape index (κ1) is 9.76. The van der Waals surface area contributed by atoms with Crippen LogP contribution in [0.4, 0.5) is 0 Å². The highest BCUT2D eigenvalue weighted by atomic mass is 16.5. The summed E-state index contributed by atoms with van der Waals surface area (Å²) in [5.41, 5.74) is 1.19. The molecule has 0 unspecified atom stereocenters. The van der Waals surface area contributed by atoms with Gasteiger partial charge < -0.3 is 14.5 Å². The number of rotatable bonds is 4. The summed E-state index contributed by atoms with van der Waals surface area (Å²) in [6.07, 6.45) is 2.13. The van der Waals surface area contributed by atoms with Crippen molar-refractivity contribution in [1.82, 2.24) is 4.98 Å². The van der Waals surface area contributed by atoms with Crippen molar-refractivity contribution < 1.29 is 19.1 Å². The number of H-pyrrole nitrogens is 1. The topological polar surface area (TPSA) is 68.4 Å². The lowest BCUT2D eigenvalue weighted by molar-refractivity contribution is -0.121. The Labute approximate surface area is 86.4 Å². The molecular weight excluding hydrogens is 198 g/mol. The number of carbonyl (C=O) groups is 2. The summed E-state index contributed by atoms with van der Waals surface area (Å²) in [5, 5.41) is 0. The van der Waals surface area contributed by atoms with E-state index in [1.165, 1.54) is 7.11 Å². The molecule has 0 radical (unpaired) electrons. The first-order valence-corrected chi connectivity index (χ1v) is 4.67. The minimum Gasteiger partial charge on any atom is -0.464 e. The van der Waals surface area contributed by atoms with Crippen LogP contribution < -0.4 is 4.74 Å². The number of aromatic amines is 1. The molecule has 1 aromatic rings. The van der Waals surface area contributed by atoms with Gasteiger partial charge in [-0.3, -0.25) is 4.79 Å². The molecular formula is C10H11NO4. The molecule has 5 nitrogen and oxygen atoms in total. The van der Waals surface area contributed by atoms with Crippen LogP contribution in [0.1, 0.15) is 34.8 Å². The van der Waals surface area contributed by atoms with Gasteiger partial charge in [0.25, 0.3) is 6.47 Å². The Bertz CT molecular complexity index is 392. The maximum Gasteiger partial charge on any atom is 0.354 e. The zero-order chi connectivity index (χ0) is 10.8. The highest BCUT2D eigenvalue weighted by molar-refractivity contribution is 5.88. The average molecular weight is 209 g/mol. The van der Waals surface area contributed by atoms with Crippen molar-refractivity contribution in [2.24, 2.45) is 0 Å². The Morgan fingerprint density at radius 2 is 2.33 bits per heavy atom. The number of esters is 1. The standard InChI is InChI=1S/C10H11NO4/c1-14-10(13)8-4-7(6-2-3-6)9(11-8)15-5-12/h4-6,11H,2-3H2,1H3. The number of hydrogen-bond acceptors (Lipinski definition) is 4. The van der Waals surface area contributed by atoms with Gasteiger partial charge in [0.2, 0.25) is 5.88 Å². The van der Waals surface area contributed by atoms with Crippen molar-refractivity contribution in [3.63, 3.8) is 0 Å². The first-order valence-electron chi connectivity index (χ1n) is 4.67. The minimum absolute atomic E-state index is 0.316. The second-order valence-electron chi connectivity index (χ2n) is 3.45. The van der Waals surface area contributed by atoms with Gasteiger partial charge in [0.05, 0.1) is 7.11 Å². The predicted octanol–water partition coefficient (Wildman–Crippen LogP) is 1.21. The summed E-state index contributed by atoms with van der Waals surface area (Å²) >= 11 is 0. The number of carbonyl (C=O) groups excluding carboxylic acids is 2. The molecule has 15 heavy (non-hydrogen) atoms. The van der Waals surface area contributed by atoms with E-state index >= 15 is 0 Å². The number of methoxy groups -OCH3 is 1. The monoisotopic (exact) mass is 209 g/mol. The van der Waals surface area contributed by atoms with Gasteiger partial charge in [0.1, 0.15) is 5.69 Å². The zero-order valence-electron chi connectivity index (χ0n) is 8.28. The Morgan fingerprint density at radius 1 is 1.60 bits per heavy atom. The van der Waals surface area contributed by atoms with Crippen molar-refractivity contribution in [1.29, 1.82) is 0 Å². The van der Waals surface area contributed by atoms with Gasteiger partial charge in [-0.15, -0.1) is 0 Å². The zero-order valence-corrected chi connectivity index (χ0v) is 8.28. The Balaban J connectivity index is 2.30. The summed E-state index contributed by atoms with van der Waals surface area (Å²) in [5.74, 6) is 0.292. The molecule has 0 aliphatic heterocycles. The normalized spacial score (nSPS) is 14.7. The summed E-state index contributed by atoms with van der Waals surface area (Å²) in [6, 6.07) is 1.68. The van der Waals surface area contributed by atoms with Gasteiger partial charge >= 0.3 is 5.97 Å². The maximum absolute atomic E-state index is 11.2. The van der Waals surface area contributed by atoms with Crippen LogP contribution in [-0.2, 0) is 9.53 Å². The third-order valence-electron chi connectivity index (χ3n) is 2.40. The van der Waals surface area contributed by atoms with E-state index in [4.69, 9.17) is 4.74 Å². The van der Waals surface area contributed by atoms with Crippen LogP contribution in [0.25, 0.3) is 0 Å². The van der Waals surface area contributed by atoms with Crippen molar-refractivity contribution in [2.45, 2.75) is 18.8 Å². The number of aromatic nitrogens is 1. The summed E-state index contributed by atoms with van der Waals surface area (Å²) < 4.78 is 9.34. The average Bonchev–Trinajstić information content (AvgIpc) is 3.00. The molecule has 1 aliphatic carbocycles. The molecule has 80 valence electrons. The van der Waals surface area contributed by atoms with Crippen molar-refractivity contribution in [2.75, 3.05) is 7.11 Å². The smallest absolute Gasteiger partial charge is 0.354 e. The van der Waals surface area contributed by atoms with Gasteiger partial charge in [-0.2, -0.15) is 0 Å². The van der Waals surface area contributed by atoms with E-state index in [0.717, 1.165) is 18.4 Å². The maximum atomic E-state index is 11.2. The van der Waals surface area contributed by atoms with E-state index < -0.39 is 5.97 Å². The second-order valence-corrected chi connectivity index (χ2v) is 3.45. The fourth-order valence-corrected chi connectivity index (χ4v) is 1.51. The largest absolute Gasteiger partial charge is 0.464 e. The van der Waals surface area contributed by atoms with Crippen LogP contribution in [0.5, 0.6) is 5.88 Å². The van der Waals surface area contributed by atoms with Crippen LogP contribution in [0.15, 0.2) is 6.07 Å². The fourth-order valence-electron chi connectivity index (χ4n) is 1.51. The number of ether oxygens (including phenoxy) is 2. The van der Waals surface area contributed by atoms with Gasteiger partial charge in [0, 0.05) is 5.56 Å². The SMILES string of the molecule is COC(=O)c1cc(C2CC2)c(OC=O)[nH]1. The molecule has 1 N–H and O–H groups in total. The fraction of sp³-hybridized carbons (Fsp3) is 0.400. The molecule has 0 atom stereocenters. The van der Waals surface area contributed by atoms with E-state index in [2.05, 4.69) is 9.72 Å². The van der Waals surface area contributed by atoms with Crippen LogP contribution in [0, 0.1) is 0 Å². The molecule has 0 amide bonds. The molecule has 1 fully saturated rings. The van der Waals surface area contributed by atoms with Gasteiger partial charge in [0.15, 0.2) is 0 Å². The van der Waals surface area contributed by atoms with Crippen LogP contribution >= 0.6 is 0 Å². The van der Waals surface area contributed by atoms with Crippen molar-refractivity contribution in [3.8, 4) is 5.88 Å². The summed E-state index contributed by atoms with van der Waals surface area (Å²) in [6.45, 7) is 0.346. The molecule has 1 saturated carbocycles. The van der Waals surface area contributed by atoms with Gasteiger partial charge in [-0.1, -0.05) is 0 Å². The van der Waals surface area contributed by atoms with Crippen molar-refractivity contribution in [3.05, 3.63) is 17.3 Å². The highest BCUT2D eigenvalue weighted by Gasteiger charge is 2.30. The van der Waals surface area contributed by atoms with E-state index in [0.29, 0.717) is 24.0 Å². The number of nitrogens with one attached hydrogen (secondary N) is 1. The number of hydrogen-bond donors (Lipinski definition) is 1. The Kier molecular flexibility index (Phi) is 2.45. The Morgan fingerprint density at radius 3 is 2.87 bits per heavy atom. The lowest BCUT2D eigenvalue weighted by atomic mass is 10.2. The lowest BCUT2D eigenvalue weighted by Gasteiger charge is -1.96. The molecule has 0 aromatic carbocycles. The summed E-state index contributed by atoms with van der Waals surface area (Å²) in [4.78, 5) is 24.2. The van der Waals surface area contributed by atoms with Gasteiger partial charge in [-0.05, 0) is 24.8 Å². The minimum atomic E-state index is -0.461. The molecule has 0 spiro atoms. The van der Waals surface area contributed by atoms with E-state index in [9.17, 15) is 9.59 Å². The van der Waals surface area contributed by atoms with Crippen LogP contribution in [0.2, 0.25) is 0 Å². The molecule has 5 heteroatoms. The molecule has 1 aliphatic rings. The van der Waals surface area contributed by atoms with Crippen LogP contribution in [-0.4, -0.2) is 24.5 Å². The molecule has 1 heterocycles. The quantitative estimate of drug-likeness (QED) is 0.597. The lowest BCUT2D eigenvalue weighted by Crippen LogP contribution is -2.01. The van der Waals surface area contributed by atoms with E-state index in [1.54, 1.807) is 6.07 Å². The first-order chi connectivity index (χ1) is 7.26. The molecule has 0 bridgehead atoms. The predicted molar refractivity (Wildman–Crippen MR) is 50.8 cm³/mol. The van der Waals surface area contributed by atoms with E-state index in [1.807, 2.05) is 0 Å². The third kappa shape index (κ3) is 1.86. The summed E-state index contributed by atoms with van der Waals surface area (Å²) in [7, 11) is 1.31. The van der Waals surface area contributed by atoms with Crippen molar-refractivity contribution >= 4 is 12.4 Å². The van der Waals surface area contributed by atoms with E-state index in [-0.39, 0.29) is 0 Å². The molecule has 0 saturated heterocycles. The van der Waals surface area contributed by atoms with Gasteiger partial charge in [-0.25, -0.2) is 4.79 Å². The highest BCUT2D eigenvalue weighted by Crippen LogP contribution is 2.44. The van der Waals surface area contributed by atoms with Crippen LogP contribution in [0.3, 0.4) is 0 Å². The third-order valence-corrected chi connectivity index (χ3v) is 2.40.